The van der Waals surface area contributed by atoms with Crippen LogP contribution in [0.25, 0.3) is 0 Å². The third-order valence-electron chi connectivity index (χ3n) is 3.81. The van der Waals surface area contributed by atoms with E-state index < -0.39 is 24.2 Å². The number of benzene rings is 1. The maximum absolute atomic E-state index is 12.1. The third-order valence-corrected chi connectivity index (χ3v) is 3.81. The van der Waals surface area contributed by atoms with Gasteiger partial charge in [-0.3, -0.25) is 9.59 Å². The molecule has 140 valence electrons. The Morgan fingerprint density at radius 3 is 2.36 bits per heavy atom. The second-order valence-electron chi connectivity index (χ2n) is 6.07. The van der Waals surface area contributed by atoms with E-state index in [4.69, 9.17) is 15.2 Å². The number of ether oxygens (including phenoxy) is 2. The van der Waals surface area contributed by atoms with Crippen LogP contribution in [0.2, 0.25) is 0 Å². The van der Waals surface area contributed by atoms with Crippen molar-refractivity contribution in [3.05, 3.63) is 23.8 Å². The van der Waals surface area contributed by atoms with E-state index in [2.05, 4.69) is 0 Å². The Bertz CT molecular complexity index is 589. The van der Waals surface area contributed by atoms with Crippen LogP contribution in [0.4, 0.5) is 0 Å². The van der Waals surface area contributed by atoms with Gasteiger partial charge < -0.3 is 25.4 Å². The van der Waals surface area contributed by atoms with Crippen molar-refractivity contribution in [3.8, 4) is 11.5 Å². The average molecular weight is 353 g/mol. The first kappa shape index (κ1) is 20.8. The van der Waals surface area contributed by atoms with Crippen molar-refractivity contribution in [2.24, 2.45) is 5.73 Å². The second kappa shape index (κ2) is 9.88. The van der Waals surface area contributed by atoms with Gasteiger partial charge in [-0.2, -0.15) is 0 Å². The number of carbonyl (C=O) groups is 2. The number of phenols is 2. The number of hydrogen-bond donors (Lipinski definition) is 3. The molecule has 0 aliphatic rings. The lowest BCUT2D eigenvalue weighted by Crippen LogP contribution is -2.39. The minimum atomic E-state index is -0.936. The molecule has 7 nitrogen and oxygen atoms in total. The zero-order chi connectivity index (χ0) is 19.0. The molecule has 0 amide bonds. The Labute approximate surface area is 147 Å². The lowest BCUT2D eigenvalue weighted by molar-refractivity contribution is -0.166. The summed E-state index contributed by atoms with van der Waals surface area (Å²) in [4.78, 5) is 23.7. The topological polar surface area (TPSA) is 119 Å². The number of rotatable bonds is 9. The van der Waals surface area contributed by atoms with E-state index in [1.54, 1.807) is 19.9 Å². The van der Waals surface area contributed by atoms with Crippen LogP contribution >= 0.6 is 0 Å². The number of hydrogen-bond acceptors (Lipinski definition) is 7. The van der Waals surface area contributed by atoms with Crippen LogP contribution in [0.5, 0.6) is 11.5 Å². The third kappa shape index (κ3) is 7.01. The molecule has 0 saturated carbocycles. The number of aromatic hydroxyl groups is 2. The van der Waals surface area contributed by atoms with Gasteiger partial charge in [0.2, 0.25) is 0 Å². The Morgan fingerprint density at radius 1 is 1.12 bits per heavy atom. The van der Waals surface area contributed by atoms with Crippen LogP contribution in [0, 0.1) is 0 Å². The molecule has 0 bridgehead atoms. The molecule has 0 unspecified atom stereocenters. The van der Waals surface area contributed by atoms with Crippen molar-refractivity contribution in [1.82, 2.24) is 0 Å². The summed E-state index contributed by atoms with van der Waals surface area (Å²) in [7, 11) is 0. The summed E-state index contributed by atoms with van der Waals surface area (Å²) in [5.41, 5.74) is 6.42. The zero-order valence-corrected chi connectivity index (χ0v) is 14.9. The lowest BCUT2D eigenvalue weighted by atomic mass is 10.1. The molecule has 0 spiro atoms. The molecule has 25 heavy (non-hydrogen) atoms. The fourth-order valence-electron chi connectivity index (χ4n) is 2.08. The molecule has 0 aliphatic carbocycles. The minimum Gasteiger partial charge on any atom is -0.504 e. The van der Waals surface area contributed by atoms with E-state index in [0.29, 0.717) is 12.0 Å². The molecule has 0 aliphatic heterocycles. The SMILES string of the molecule is CCCCC(=O)O[C@H](C)[C@H](C)OC(=O)[C@@H](N)Cc1ccc(O)c(O)c1. The molecule has 0 radical (unpaired) electrons. The highest BCUT2D eigenvalue weighted by Gasteiger charge is 2.24. The lowest BCUT2D eigenvalue weighted by Gasteiger charge is -2.22. The summed E-state index contributed by atoms with van der Waals surface area (Å²) >= 11 is 0. The molecule has 0 aromatic heterocycles. The van der Waals surface area contributed by atoms with Gasteiger partial charge in [-0.15, -0.1) is 0 Å². The van der Waals surface area contributed by atoms with Crippen LogP contribution in [0.1, 0.15) is 45.6 Å². The van der Waals surface area contributed by atoms with Gasteiger partial charge in [0.05, 0.1) is 0 Å². The van der Waals surface area contributed by atoms with Gasteiger partial charge in [-0.1, -0.05) is 19.4 Å². The van der Waals surface area contributed by atoms with Crippen molar-refractivity contribution < 1.29 is 29.3 Å². The van der Waals surface area contributed by atoms with Gasteiger partial charge in [-0.25, -0.2) is 0 Å². The number of carbonyl (C=O) groups excluding carboxylic acids is 2. The highest BCUT2D eigenvalue weighted by atomic mass is 16.6. The Morgan fingerprint density at radius 2 is 1.76 bits per heavy atom. The van der Waals surface area contributed by atoms with E-state index >= 15 is 0 Å². The van der Waals surface area contributed by atoms with E-state index in [-0.39, 0.29) is 23.9 Å². The van der Waals surface area contributed by atoms with E-state index in [1.807, 2.05) is 6.92 Å². The maximum Gasteiger partial charge on any atom is 0.323 e. The van der Waals surface area contributed by atoms with Gasteiger partial charge in [0.1, 0.15) is 18.2 Å². The summed E-state index contributed by atoms with van der Waals surface area (Å²) in [6, 6.07) is 3.28. The summed E-state index contributed by atoms with van der Waals surface area (Å²) in [6.07, 6.45) is 0.936. The van der Waals surface area contributed by atoms with Gasteiger partial charge in [0, 0.05) is 6.42 Å². The largest absolute Gasteiger partial charge is 0.504 e. The van der Waals surface area contributed by atoms with Gasteiger partial charge in [-0.05, 0) is 44.4 Å². The van der Waals surface area contributed by atoms with Crippen LogP contribution in [0.15, 0.2) is 18.2 Å². The summed E-state index contributed by atoms with van der Waals surface area (Å²) < 4.78 is 10.5. The first-order valence-electron chi connectivity index (χ1n) is 8.41. The van der Waals surface area contributed by atoms with Gasteiger partial charge in [0.15, 0.2) is 11.5 Å². The van der Waals surface area contributed by atoms with Crippen molar-refractivity contribution in [3.63, 3.8) is 0 Å². The Balaban J connectivity index is 2.50. The molecule has 3 atom stereocenters. The number of esters is 2. The predicted molar refractivity (Wildman–Crippen MR) is 92.1 cm³/mol. The van der Waals surface area contributed by atoms with Crippen LogP contribution in [-0.4, -0.2) is 40.4 Å². The fourth-order valence-corrected chi connectivity index (χ4v) is 2.08. The smallest absolute Gasteiger partial charge is 0.323 e. The molecule has 0 saturated heterocycles. The molecule has 1 aromatic carbocycles. The normalized spacial score (nSPS) is 14.4. The Kier molecular flexibility index (Phi) is 8.21. The van der Waals surface area contributed by atoms with Crippen LogP contribution in [0.3, 0.4) is 0 Å². The zero-order valence-electron chi connectivity index (χ0n) is 14.9. The molecule has 1 aromatic rings. The van der Waals surface area contributed by atoms with E-state index in [9.17, 15) is 19.8 Å². The van der Waals surface area contributed by atoms with Crippen LogP contribution < -0.4 is 5.73 Å². The minimum absolute atomic E-state index is 0.143. The first-order chi connectivity index (χ1) is 11.7. The average Bonchev–Trinajstić information content (AvgIpc) is 2.56. The van der Waals surface area contributed by atoms with Crippen molar-refractivity contribution in [1.29, 1.82) is 0 Å². The summed E-state index contributed by atoms with van der Waals surface area (Å²) in [6.45, 7) is 5.27. The summed E-state index contributed by atoms with van der Waals surface area (Å²) in [5, 5.41) is 18.7. The quantitative estimate of drug-likeness (QED) is 0.459. The van der Waals surface area contributed by atoms with Crippen molar-refractivity contribution in [2.75, 3.05) is 0 Å². The molecule has 4 N–H and O–H groups in total. The molecule has 0 heterocycles. The second-order valence-corrected chi connectivity index (χ2v) is 6.07. The van der Waals surface area contributed by atoms with E-state index in [1.165, 1.54) is 12.1 Å². The van der Waals surface area contributed by atoms with E-state index in [0.717, 1.165) is 12.8 Å². The number of nitrogens with two attached hydrogens (primary N) is 1. The predicted octanol–water partition coefficient (Wildman–Crippen LogP) is 2.02. The molecule has 7 heteroatoms. The molecular weight excluding hydrogens is 326 g/mol. The summed E-state index contributed by atoms with van der Waals surface area (Å²) in [5.74, 6) is -1.47. The highest BCUT2D eigenvalue weighted by Crippen LogP contribution is 2.25. The van der Waals surface area contributed by atoms with Crippen molar-refractivity contribution >= 4 is 11.9 Å². The number of unbranched alkanes of at least 4 members (excludes halogenated alkanes) is 1. The first-order valence-corrected chi connectivity index (χ1v) is 8.41. The number of phenolic OH excluding ortho intramolecular Hbond substituents is 2. The van der Waals surface area contributed by atoms with Crippen molar-refractivity contribution in [2.45, 2.75) is 64.7 Å². The molecule has 1 rings (SSSR count). The molecule has 0 fully saturated rings. The van der Waals surface area contributed by atoms with Crippen LogP contribution in [-0.2, 0) is 25.5 Å². The van der Waals surface area contributed by atoms with Gasteiger partial charge >= 0.3 is 11.9 Å². The molecular formula is C18H27NO6. The Hall–Kier alpha value is -2.28. The van der Waals surface area contributed by atoms with Gasteiger partial charge in [0.25, 0.3) is 0 Å². The highest BCUT2D eigenvalue weighted by molar-refractivity contribution is 5.76. The monoisotopic (exact) mass is 353 g/mol. The maximum atomic E-state index is 12.1. The fraction of sp³-hybridized carbons (Fsp3) is 0.556. The standard InChI is InChI=1S/C18H27NO6/c1-4-5-6-17(22)24-11(2)12(3)25-18(23)14(19)9-13-7-8-15(20)16(21)10-13/h7-8,10-12,14,20-21H,4-6,9,19H2,1-3H3/t11-,12+,14+/m1/s1.